The van der Waals surface area contributed by atoms with E-state index in [1.807, 2.05) is 13.8 Å². The van der Waals surface area contributed by atoms with Crippen LogP contribution >= 0.6 is 0 Å². The van der Waals surface area contributed by atoms with Gasteiger partial charge in [0.2, 0.25) is 0 Å². The zero-order chi connectivity index (χ0) is 12.7. The lowest BCUT2D eigenvalue weighted by Gasteiger charge is -2.01. The lowest BCUT2D eigenvalue weighted by Crippen LogP contribution is -2.08. The zero-order valence-corrected chi connectivity index (χ0v) is 10.9. The number of hydrogen-bond acceptors (Lipinski definition) is 5. The molecule has 5 nitrogen and oxygen atoms in total. The van der Waals surface area contributed by atoms with Gasteiger partial charge < -0.3 is 4.74 Å². The molecular weight excluding hydrogens is 228 g/mol. The topological polar surface area (TPSA) is 69.2 Å². The van der Waals surface area contributed by atoms with Crippen LogP contribution in [0.1, 0.15) is 30.2 Å². The second-order valence-electron chi connectivity index (χ2n) is 2.58. The fraction of sp³-hybridized carbons (Fsp3) is 0.500. The number of nitrogens with zero attached hydrogens (tertiary/aromatic N) is 2. The maximum Gasteiger partial charge on any atom is 0.356 e. The number of esters is 1. The normalized spacial score (nSPS) is 11.1. The van der Waals surface area contributed by atoms with Crippen molar-refractivity contribution in [3.05, 3.63) is 17.6 Å². The van der Waals surface area contributed by atoms with E-state index in [1.54, 1.807) is 6.92 Å². The average molecular weight is 244 g/mol. The fourth-order valence-electron chi connectivity index (χ4n) is 0.897. The molecule has 1 atom stereocenters. The average Bonchev–Trinajstić information content (AvgIpc) is 2.29. The van der Waals surface area contributed by atoms with Crippen LogP contribution in [0.15, 0.2) is 11.1 Å². The first kappa shape index (κ1) is 14.7. The van der Waals surface area contributed by atoms with Crippen LogP contribution in [0, 0.1) is 6.92 Å². The van der Waals surface area contributed by atoms with Crippen molar-refractivity contribution in [3.8, 4) is 0 Å². The quantitative estimate of drug-likeness (QED) is 0.580. The molecule has 0 aliphatic heterocycles. The molecule has 0 aliphatic rings. The molecule has 0 saturated carbocycles. The summed E-state index contributed by atoms with van der Waals surface area (Å²) in [4.78, 5) is 18.9. The fourth-order valence-corrected chi connectivity index (χ4v) is 1.43. The van der Waals surface area contributed by atoms with Crippen molar-refractivity contribution in [1.82, 2.24) is 9.97 Å². The third-order valence-electron chi connectivity index (χ3n) is 1.50. The van der Waals surface area contributed by atoms with E-state index < -0.39 is 16.8 Å². The Hall–Kier alpha value is -1.30. The Labute approximate surface area is 97.7 Å². The predicted molar refractivity (Wildman–Crippen MR) is 61.8 cm³/mol. The van der Waals surface area contributed by atoms with Crippen molar-refractivity contribution in [2.45, 2.75) is 25.8 Å². The largest absolute Gasteiger partial charge is 0.464 e. The van der Waals surface area contributed by atoms with Crippen LogP contribution in [0.4, 0.5) is 0 Å². The summed E-state index contributed by atoms with van der Waals surface area (Å²) in [6.45, 7) is 5.63. The molecule has 1 heterocycles. The summed E-state index contributed by atoms with van der Waals surface area (Å²) in [6.07, 6.45) is 1.49. The first-order chi connectivity index (χ1) is 7.54. The Kier molecular flexibility index (Phi) is 6.48. The molecule has 0 radical (unpaired) electrons. The molecule has 1 aromatic rings. The van der Waals surface area contributed by atoms with Crippen LogP contribution in [0.2, 0.25) is 0 Å². The first-order valence-corrected chi connectivity index (χ1v) is 6.38. The number of aromatic nitrogens is 2. The van der Waals surface area contributed by atoms with Crippen LogP contribution in [-0.4, -0.2) is 33.5 Å². The summed E-state index contributed by atoms with van der Waals surface area (Å²) in [5.74, 6) is -0.152. The number of aryl methyl sites for hydroxylation is 1. The highest BCUT2D eigenvalue weighted by atomic mass is 32.2. The Balaban J connectivity index is 0.00000106. The van der Waals surface area contributed by atoms with Crippen molar-refractivity contribution in [3.63, 3.8) is 0 Å². The summed E-state index contributed by atoms with van der Waals surface area (Å²) < 4.78 is 15.6. The monoisotopic (exact) mass is 244 g/mol. The number of rotatable bonds is 2. The van der Waals surface area contributed by atoms with Gasteiger partial charge in [-0.2, -0.15) is 0 Å². The Morgan fingerprint density at radius 1 is 1.38 bits per heavy atom. The zero-order valence-electron chi connectivity index (χ0n) is 10.1. The molecule has 0 fully saturated rings. The molecular formula is C10H16N2O3S. The van der Waals surface area contributed by atoms with Crippen molar-refractivity contribution in [2.75, 3.05) is 13.4 Å². The van der Waals surface area contributed by atoms with Crippen LogP contribution in [-0.2, 0) is 15.5 Å². The van der Waals surface area contributed by atoms with E-state index >= 15 is 0 Å². The Bertz CT molecular complexity index is 394. The van der Waals surface area contributed by atoms with Gasteiger partial charge in [-0.05, 0) is 6.92 Å². The van der Waals surface area contributed by atoms with E-state index in [0.717, 1.165) is 0 Å². The van der Waals surface area contributed by atoms with Gasteiger partial charge in [-0.25, -0.2) is 14.8 Å². The van der Waals surface area contributed by atoms with E-state index in [0.29, 0.717) is 10.9 Å². The maximum atomic E-state index is 11.1. The van der Waals surface area contributed by atoms with Gasteiger partial charge in [-0.1, -0.05) is 13.8 Å². The second-order valence-corrected chi connectivity index (χ2v) is 3.91. The summed E-state index contributed by atoms with van der Waals surface area (Å²) >= 11 is 0. The highest BCUT2D eigenvalue weighted by molar-refractivity contribution is 7.84. The molecule has 1 unspecified atom stereocenters. The van der Waals surface area contributed by atoms with Gasteiger partial charge >= 0.3 is 5.97 Å². The number of ether oxygens (including phenoxy) is 1. The lowest BCUT2D eigenvalue weighted by atomic mass is 10.4. The molecule has 0 saturated heterocycles. The first-order valence-electron chi connectivity index (χ1n) is 4.82. The minimum absolute atomic E-state index is 0.130. The number of methoxy groups -OCH3 is 1. The van der Waals surface area contributed by atoms with Crippen molar-refractivity contribution in [1.29, 1.82) is 0 Å². The van der Waals surface area contributed by atoms with Crippen molar-refractivity contribution < 1.29 is 13.7 Å². The van der Waals surface area contributed by atoms with Gasteiger partial charge in [-0.15, -0.1) is 0 Å². The standard InChI is InChI=1S/C8H10N2O3S.C2H6/c1-5-9-6(8(11)13-2)4-7(10-5)14(3)12;1-2/h4H,1-3H3;1-2H3. The summed E-state index contributed by atoms with van der Waals surface area (Å²) in [6, 6.07) is 1.37. The predicted octanol–water partition coefficient (Wildman–Crippen LogP) is 1.34. The SMILES string of the molecule is CC.COC(=O)c1cc(S(C)=O)nc(C)n1. The molecule has 16 heavy (non-hydrogen) atoms. The lowest BCUT2D eigenvalue weighted by molar-refractivity contribution is 0.0593. The van der Waals surface area contributed by atoms with Gasteiger partial charge in [-0.3, -0.25) is 4.21 Å². The Morgan fingerprint density at radius 3 is 2.38 bits per heavy atom. The smallest absolute Gasteiger partial charge is 0.356 e. The third kappa shape index (κ3) is 4.06. The van der Waals surface area contributed by atoms with E-state index in [-0.39, 0.29) is 5.69 Å². The van der Waals surface area contributed by atoms with E-state index in [2.05, 4.69) is 14.7 Å². The van der Waals surface area contributed by atoms with Crippen LogP contribution in [0.25, 0.3) is 0 Å². The third-order valence-corrected chi connectivity index (χ3v) is 2.30. The van der Waals surface area contributed by atoms with E-state index in [9.17, 15) is 9.00 Å². The highest BCUT2D eigenvalue weighted by Gasteiger charge is 2.11. The van der Waals surface area contributed by atoms with Crippen LogP contribution < -0.4 is 0 Å². The molecule has 90 valence electrons. The summed E-state index contributed by atoms with van der Waals surface area (Å²) in [5, 5.41) is 0.331. The number of hydrogen-bond donors (Lipinski definition) is 0. The van der Waals surface area contributed by atoms with Crippen molar-refractivity contribution >= 4 is 16.8 Å². The Morgan fingerprint density at radius 2 is 1.94 bits per heavy atom. The summed E-state index contributed by atoms with van der Waals surface area (Å²) in [7, 11) is 0.0393. The molecule has 0 aromatic carbocycles. The molecule has 6 heteroatoms. The van der Waals surface area contributed by atoms with Gasteiger partial charge in [0.15, 0.2) is 5.69 Å². The second kappa shape index (κ2) is 7.05. The molecule has 1 rings (SSSR count). The van der Waals surface area contributed by atoms with Gasteiger partial charge in [0.1, 0.15) is 10.9 Å². The minimum Gasteiger partial charge on any atom is -0.464 e. The molecule has 0 bridgehead atoms. The highest BCUT2D eigenvalue weighted by Crippen LogP contribution is 2.05. The number of carbonyl (C=O) groups is 1. The van der Waals surface area contributed by atoms with Gasteiger partial charge in [0.05, 0.1) is 17.9 Å². The minimum atomic E-state index is -1.23. The van der Waals surface area contributed by atoms with Crippen LogP contribution in [0.5, 0.6) is 0 Å². The van der Waals surface area contributed by atoms with Gasteiger partial charge in [0.25, 0.3) is 0 Å². The van der Waals surface area contributed by atoms with Crippen LogP contribution in [0.3, 0.4) is 0 Å². The molecule has 0 spiro atoms. The summed E-state index contributed by atoms with van der Waals surface area (Å²) in [5.41, 5.74) is 0.130. The maximum absolute atomic E-state index is 11.1. The number of carbonyl (C=O) groups excluding carboxylic acids is 1. The van der Waals surface area contributed by atoms with E-state index in [1.165, 1.54) is 19.4 Å². The molecule has 1 aromatic heterocycles. The molecule has 0 aliphatic carbocycles. The van der Waals surface area contributed by atoms with Gasteiger partial charge in [0, 0.05) is 12.3 Å². The van der Waals surface area contributed by atoms with E-state index in [4.69, 9.17) is 0 Å². The van der Waals surface area contributed by atoms with Crippen molar-refractivity contribution in [2.24, 2.45) is 0 Å². The molecule has 0 amide bonds. The molecule has 0 N–H and O–H groups in total.